The van der Waals surface area contributed by atoms with Gasteiger partial charge in [-0.2, -0.15) is 0 Å². The first kappa shape index (κ1) is 15.4. The number of halogens is 1. The maximum absolute atomic E-state index is 9.88. The Bertz CT molecular complexity index is 212. The maximum atomic E-state index is 9.88. The van der Waals surface area contributed by atoms with Gasteiger partial charge >= 0.3 is 28.2 Å². The first-order valence-electron chi connectivity index (χ1n) is 5.35. The van der Waals surface area contributed by atoms with Gasteiger partial charge in [-0.15, -0.1) is 0 Å². The van der Waals surface area contributed by atoms with Gasteiger partial charge in [-0.1, -0.05) is 32.1 Å². The Morgan fingerprint density at radius 3 is 2.40 bits per heavy atom. The predicted molar refractivity (Wildman–Crippen MR) is 62.4 cm³/mol. The molecule has 1 atom stereocenters. The van der Waals surface area contributed by atoms with Crippen molar-refractivity contribution in [2.24, 2.45) is 5.92 Å². The number of rotatable bonds is 2. The second-order valence-electron chi connectivity index (χ2n) is 4.06. The van der Waals surface area contributed by atoms with Crippen molar-refractivity contribution in [2.75, 3.05) is 0 Å². The summed E-state index contributed by atoms with van der Waals surface area (Å²) < 4.78 is 0. The Kier molecular flexibility index (Phi) is 9.90. The van der Waals surface area contributed by atoms with E-state index in [1.165, 1.54) is 5.57 Å². The van der Waals surface area contributed by atoms with Gasteiger partial charge in [-0.05, 0) is 37.2 Å². The van der Waals surface area contributed by atoms with Crippen molar-refractivity contribution in [3.05, 3.63) is 23.8 Å². The Morgan fingerprint density at radius 1 is 1.20 bits per heavy atom. The summed E-state index contributed by atoms with van der Waals surface area (Å²) in [4.78, 5) is 0. The molecule has 0 radical (unpaired) electrons. The van der Waals surface area contributed by atoms with Gasteiger partial charge in [0.2, 0.25) is 0 Å². The first-order valence-corrected chi connectivity index (χ1v) is 8.17. The van der Waals surface area contributed by atoms with Crippen molar-refractivity contribution in [1.82, 2.24) is 0 Å². The summed E-state index contributed by atoms with van der Waals surface area (Å²) >= 11 is 1.61. The van der Waals surface area contributed by atoms with Crippen LogP contribution in [0.3, 0.4) is 0 Å². The van der Waals surface area contributed by atoms with E-state index < -0.39 is 0 Å². The van der Waals surface area contributed by atoms with Gasteiger partial charge in [-0.25, -0.2) is 0 Å². The average Bonchev–Trinajstić information content (AvgIpc) is 2.19. The monoisotopic (exact) mass is 410 g/mol. The summed E-state index contributed by atoms with van der Waals surface area (Å²) in [5.74, 6) is 0.342. The van der Waals surface area contributed by atoms with Crippen molar-refractivity contribution in [1.29, 1.82) is 0 Å². The van der Waals surface area contributed by atoms with Crippen LogP contribution >= 0.6 is 9.42 Å². The molecule has 0 spiro atoms. The van der Waals surface area contributed by atoms with Crippen molar-refractivity contribution in [2.45, 2.75) is 45.6 Å². The van der Waals surface area contributed by atoms with Gasteiger partial charge in [-0.3, -0.25) is 0 Å². The Labute approximate surface area is 108 Å². The molecule has 91 valence electrons. The molecule has 15 heavy (non-hydrogen) atoms. The molecule has 1 aliphatic rings. The van der Waals surface area contributed by atoms with Crippen LogP contribution in [0.25, 0.3) is 0 Å². The van der Waals surface area contributed by atoms with E-state index in [1.54, 1.807) is 18.8 Å². The minimum atomic E-state index is -0.230. The van der Waals surface area contributed by atoms with E-state index in [0.29, 0.717) is 5.92 Å². The van der Waals surface area contributed by atoms with Crippen LogP contribution in [0, 0.1) is 5.92 Å². The Hall–Kier alpha value is 0.418. The number of aliphatic hydroxyl groups is 1. The zero-order chi connectivity index (χ0) is 11.7. The first-order chi connectivity index (χ1) is 7.22. The Balaban J connectivity index is 0.000000921. The van der Waals surface area contributed by atoms with Crippen molar-refractivity contribution in [3.8, 4) is 0 Å². The van der Waals surface area contributed by atoms with Crippen LogP contribution in [-0.4, -0.2) is 11.2 Å². The van der Waals surface area contributed by atoms with Crippen LogP contribution in [-0.2, 0) is 18.8 Å². The zero-order valence-corrected chi connectivity index (χ0v) is 12.4. The summed E-state index contributed by atoms with van der Waals surface area (Å²) in [7, 11) is 4.61. The van der Waals surface area contributed by atoms with E-state index in [1.807, 2.05) is 0 Å². The van der Waals surface area contributed by atoms with Gasteiger partial charge in [0.25, 0.3) is 0 Å². The molecule has 0 aromatic carbocycles. The third kappa shape index (κ3) is 6.55. The third-order valence-electron chi connectivity index (χ3n) is 2.52. The van der Waals surface area contributed by atoms with E-state index >= 15 is 0 Å². The van der Waals surface area contributed by atoms with Crippen molar-refractivity contribution < 1.29 is 23.9 Å². The van der Waals surface area contributed by atoms with Crippen LogP contribution in [0.2, 0.25) is 0 Å². The van der Waals surface area contributed by atoms with Crippen LogP contribution in [0.15, 0.2) is 23.8 Å². The molecule has 1 N–H and O–H groups in total. The summed E-state index contributed by atoms with van der Waals surface area (Å²) in [6.07, 6.45) is 10.7. The molecule has 0 fully saturated rings. The topological polar surface area (TPSA) is 20.2 Å². The molecule has 1 unspecified atom stereocenters. The van der Waals surface area contributed by atoms with Crippen molar-refractivity contribution in [3.63, 3.8) is 0 Å². The molecule has 3 heteroatoms. The third-order valence-corrected chi connectivity index (χ3v) is 2.52. The molecule has 0 saturated carbocycles. The van der Waals surface area contributed by atoms with Crippen molar-refractivity contribution >= 4 is 9.42 Å². The normalized spacial score (nSPS) is 24.1. The molecule has 1 nitrogen and oxygen atoms in total. The summed E-state index contributed by atoms with van der Waals surface area (Å²) in [5, 5.41) is 9.88. The molecule has 0 bridgehead atoms. The van der Waals surface area contributed by atoms with Gasteiger partial charge < -0.3 is 5.11 Å². The van der Waals surface area contributed by atoms with Crippen LogP contribution in [0.4, 0.5) is 0 Å². The number of aliphatic hydroxyl groups excluding tert-OH is 1. The molecule has 0 saturated heterocycles. The molecule has 1 aliphatic carbocycles. The zero-order valence-electron chi connectivity index (χ0n) is 9.36. The quantitative estimate of drug-likeness (QED) is 0.687. The molecule has 0 aliphatic heterocycles. The number of allylic oxidation sites excluding steroid dienone is 3. The molecule has 1 rings (SSSR count). The molecule has 0 aromatic heterocycles. The standard InChI is InChI=1S/C12H20O.ClH.Pt/c1-10(2)12(13)11-8-6-4-3-5-7-9-11;;/h3-4,9-10,12-13H,5-8H2,1-2H3;1H;/q;;+1/p-1/b4-3-,11-9+;;. The molecule has 0 amide bonds. The van der Waals surface area contributed by atoms with Crippen LogP contribution in [0.5, 0.6) is 0 Å². The Morgan fingerprint density at radius 2 is 1.80 bits per heavy atom. The van der Waals surface area contributed by atoms with Gasteiger partial charge in [0.05, 0.1) is 6.10 Å². The number of hydrogen-bond donors (Lipinski definition) is 1. The average molecular weight is 411 g/mol. The van der Waals surface area contributed by atoms with Crippen LogP contribution < -0.4 is 0 Å². The fraction of sp³-hybridized carbons (Fsp3) is 0.667. The van der Waals surface area contributed by atoms with Gasteiger partial charge in [0, 0.05) is 0 Å². The van der Waals surface area contributed by atoms with Gasteiger partial charge in [0.1, 0.15) is 0 Å². The second kappa shape index (κ2) is 9.63. The molecule has 0 heterocycles. The summed E-state index contributed by atoms with van der Waals surface area (Å²) in [6, 6.07) is 0. The SMILES string of the molecule is CC(C)C(O)/C1=C/CC/C=C\CC1.[Cl][Pt]. The van der Waals surface area contributed by atoms with Crippen LogP contribution in [0.1, 0.15) is 39.5 Å². The van der Waals surface area contributed by atoms with E-state index in [4.69, 9.17) is 0 Å². The molecular formula is C12H20ClOPt. The minimum absolute atomic E-state index is 0.230. The van der Waals surface area contributed by atoms with E-state index in [2.05, 4.69) is 41.5 Å². The second-order valence-corrected chi connectivity index (χ2v) is 4.06. The van der Waals surface area contributed by atoms with E-state index in [0.717, 1.165) is 25.7 Å². The summed E-state index contributed by atoms with van der Waals surface area (Å²) in [6.45, 7) is 4.14. The van der Waals surface area contributed by atoms with E-state index in [9.17, 15) is 5.11 Å². The fourth-order valence-corrected chi connectivity index (χ4v) is 1.65. The number of hydrogen-bond acceptors (Lipinski definition) is 1. The van der Waals surface area contributed by atoms with E-state index in [-0.39, 0.29) is 6.10 Å². The molecule has 0 aromatic rings. The molecular weight excluding hydrogens is 391 g/mol. The predicted octanol–water partition coefficient (Wildman–Crippen LogP) is 3.75. The fourth-order valence-electron chi connectivity index (χ4n) is 1.65. The summed E-state index contributed by atoms with van der Waals surface area (Å²) in [5.41, 5.74) is 1.24. The van der Waals surface area contributed by atoms with Gasteiger partial charge in [0.15, 0.2) is 0 Å².